The van der Waals surface area contributed by atoms with Crippen LogP contribution in [0.1, 0.15) is 68.7 Å². The zero-order valence-corrected chi connectivity index (χ0v) is 12.9. The Kier molecular flexibility index (Phi) is 4.02. The summed E-state index contributed by atoms with van der Waals surface area (Å²) in [5, 5.41) is 14.1. The Morgan fingerprint density at radius 3 is 2.48 bits per heavy atom. The highest BCUT2D eigenvalue weighted by Crippen LogP contribution is 2.39. The van der Waals surface area contributed by atoms with Crippen molar-refractivity contribution in [1.29, 1.82) is 0 Å². The predicted octanol–water partition coefficient (Wildman–Crippen LogP) is 2.74. The van der Waals surface area contributed by atoms with Crippen LogP contribution in [0.4, 0.5) is 11.6 Å². The van der Waals surface area contributed by atoms with Gasteiger partial charge in [-0.3, -0.25) is 0 Å². The molecule has 2 aliphatic carbocycles. The Balaban J connectivity index is 1.71. The van der Waals surface area contributed by atoms with Gasteiger partial charge >= 0.3 is 0 Å². The zero-order chi connectivity index (χ0) is 14.9. The molecule has 5 heteroatoms. The molecule has 2 fully saturated rings. The second kappa shape index (κ2) is 5.79. The summed E-state index contributed by atoms with van der Waals surface area (Å²) in [6.07, 6.45) is 8.73. The van der Waals surface area contributed by atoms with Gasteiger partial charge in [-0.25, -0.2) is 9.97 Å². The lowest BCUT2D eigenvalue weighted by Crippen LogP contribution is -2.36. The van der Waals surface area contributed by atoms with E-state index in [4.69, 9.17) is 5.73 Å². The highest BCUT2D eigenvalue weighted by molar-refractivity contribution is 5.55. The van der Waals surface area contributed by atoms with Crippen LogP contribution in [0, 0.1) is 6.92 Å². The van der Waals surface area contributed by atoms with Crippen molar-refractivity contribution in [1.82, 2.24) is 9.97 Å². The van der Waals surface area contributed by atoms with Crippen LogP contribution in [0.15, 0.2) is 0 Å². The molecule has 5 nitrogen and oxygen atoms in total. The third kappa shape index (κ3) is 3.46. The number of hydrogen-bond donors (Lipinski definition) is 3. The van der Waals surface area contributed by atoms with Gasteiger partial charge < -0.3 is 16.2 Å². The van der Waals surface area contributed by atoms with Crippen LogP contribution in [0.5, 0.6) is 0 Å². The Hall–Kier alpha value is -1.36. The fourth-order valence-electron chi connectivity index (χ4n) is 3.06. The molecule has 0 aromatic carbocycles. The molecule has 1 aromatic rings. The monoisotopic (exact) mass is 290 g/mol. The van der Waals surface area contributed by atoms with Crippen molar-refractivity contribution in [3.8, 4) is 0 Å². The van der Waals surface area contributed by atoms with Gasteiger partial charge in [-0.05, 0) is 32.6 Å². The van der Waals surface area contributed by atoms with E-state index < -0.39 is 5.60 Å². The van der Waals surface area contributed by atoms with Crippen LogP contribution in [-0.2, 0) is 0 Å². The van der Waals surface area contributed by atoms with Crippen LogP contribution >= 0.6 is 0 Å². The van der Waals surface area contributed by atoms with Crippen LogP contribution in [0.25, 0.3) is 0 Å². The molecule has 0 radical (unpaired) electrons. The van der Waals surface area contributed by atoms with E-state index in [0.29, 0.717) is 18.3 Å². The highest BCUT2D eigenvalue weighted by Gasteiger charge is 2.30. The van der Waals surface area contributed by atoms with E-state index >= 15 is 0 Å². The van der Waals surface area contributed by atoms with Crippen molar-refractivity contribution >= 4 is 11.6 Å². The van der Waals surface area contributed by atoms with Crippen LogP contribution in [-0.4, -0.2) is 27.2 Å². The SMILES string of the molecule is Cc1c(N)nc(C2CC2)nc1NCC1(O)CCCCCC1. The van der Waals surface area contributed by atoms with E-state index in [-0.39, 0.29) is 0 Å². The minimum absolute atomic E-state index is 0.481. The summed E-state index contributed by atoms with van der Waals surface area (Å²) < 4.78 is 0. The van der Waals surface area contributed by atoms with Crippen molar-refractivity contribution in [2.24, 2.45) is 0 Å². The first-order chi connectivity index (χ1) is 10.1. The van der Waals surface area contributed by atoms with E-state index in [2.05, 4.69) is 15.3 Å². The van der Waals surface area contributed by atoms with Crippen molar-refractivity contribution in [2.75, 3.05) is 17.6 Å². The zero-order valence-electron chi connectivity index (χ0n) is 12.9. The lowest BCUT2D eigenvalue weighted by Gasteiger charge is -2.27. The standard InChI is InChI=1S/C16H26N4O/c1-11-13(17)19-15(12-6-7-12)20-14(11)18-10-16(21)8-4-2-3-5-9-16/h12,21H,2-10H2,1H3,(H3,17,18,19,20). The number of aromatic nitrogens is 2. The molecule has 0 atom stereocenters. The fourth-order valence-corrected chi connectivity index (χ4v) is 3.06. The number of anilines is 2. The Labute approximate surface area is 126 Å². The molecule has 2 aliphatic rings. The number of aliphatic hydroxyl groups is 1. The van der Waals surface area contributed by atoms with Gasteiger partial charge in [0.2, 0.25) is 0 Å². The first-order valence-electron chi connectivity index (χ1n) is 8.18. The largest absolute Gasteiger partial charge is 0.388 e. The Morgan fingerprint density at radius 1 is 1.19 bits per heavy atom. The molecule has 0 aliphatic heterocycles. The minimum Gasteiger partial charge on any atom is -0.388 e. The first-order valence-corrected chi connectivity index (χ1v) is 8.18. The lowest BCUT2D eigenvalue weighted by atomic mass is 9.94. The molecule has 1 aromatic heterocycles. The average molecular weight is 290 g/mol. The summed E-state index contributed by atoms with van der Waals surface area (Å²) in [6, 6.07) is 0. The summed E-state index contributed by atoms with van der Waals surface area (Å²) in [5.74, 6) is 2.69. The third-order valence-corrected chi connectivity index (χ3v) is 4.76. The maximum absolute atomic E-state index is 10.7. The van der Waals surface area contributed by atoms with Gasteiger partial charge in [0, 0.05) is 18.0 Å². The molecule has 1 heterocycles. The van der Waals surface area contributed by atoms with E-state index in [0.717, 1.165) is 55.7 Å². The third-order valence-electron chi connectivity index (χ3n) is 4.76. The lowest BCUT2D eigenvalue weighted by molar-refractivity contribution is 0.0380. The topological polar surface area (TPSA) is 84.1 Å². The molecule has 0 amide bonds. The van der Waals surface area contributed by atoms with Gasteiger partial charge in [-0.15, -0.1) is 0 Å². The maximum atomic E-state index is 10.7. The van der Waals surface area contributed by atoms with E-state index in [9.17, 15) is 5.11 Å². The molecule has 2 saturated carbocycles. The molecular formula is C16H26N4O. The summed E-state index contributed by atoms with van der Waals surface area (Å²) in [5.41, 5.74) is 6.28. The summed E-state index contributed by atoms with van der Waals surface area (Å²) >= 11 is 0. The van der Waals surface area contributed by atoms with Gasteiger partial charge in [0.15, 0.2) is 0 Å². The highest BCUT2D eigenvalue weighted by atomic mass is 16.3. The number of nitrogens with zero attached hydrogens (tertiary/aromatic N) is 2. The maximum Gasteiger partial charge on any atom is 0.136 e. The van der Waals surface area contributed by atoms with Crippen LogP contribution in [0.3, 0.4) is 0 Å². The second-order valence-corrected chi connectivity index (χ2v) is 6.71. The smallest absolute Gasteiger partial charge is 0.136 e. The molecule has 4 N–H and O–H groups in total. The van der Waals surface area contributed by atoms with Gasteiger partial charge in [-0.2, -0.15) is 0 Å². The molecule has 21 heavy (non-hydrogen) atoms. The normalized spacial score (nSPS) is 21.8. The quantitative estimate of drug-likeness (QED) is 0.743. The first kappa shape index (κ1) is 14.6. The van der Waals surface area contributed by atoms with Crippen molar-refractivity contribution < 1.29 is 5.11 Å². The number of nitrogens with one attached hydrogen (secondary N) is 1. The van der Waals surface area contributed by atoms with Gasteiger partial charge in [0.1, 0.15) is 17.5 Å². The van der Waals surface area contributed by atoms with E-state index in [1.54, 1.807) is 0 Å². The number of nitrogen functional groups attached to an aromatic ring is 1. The number of rotatable bonds is 4. The Morgan fingerprint density at radius 2 is 1.86 bits per heavy atom. The van der Waals surface area contributed by atoms with E-state index in [1.165, 1.54) is 12.8 Å². The molecule has 0 unspecified atom stereocenters. The number of nitrogens with two attached hydrogens (primary N) is 1. The van der Waals surface area contributed by atoms with Crippen molar-refractivity contribution in [3.63, 3.8) is 0 Å². The van der Waals surface area contributed by atoms with Gasteiger partial charge in [0.05, 0.1) is 5.60 Å². The minimum atomic E-state index is -0.609. The summed E-state index contributed by atoms with van der Waals surface area (Å²) in [4.78, 5) is 9.01. The molecule has 116 valence electrons. The number of hydrogen-bond acceptors (Lipinski definition) is 5. The van der Waals surface area contributed by atoms with E-state index in [1.807, 2.05) is 6.92 Å². The molecular weight excluding hydrogens is 264 g/mol. The second-order valence-electron chi connectivity index (χ2n) is 6.71. The summed E-state index contributed by atoms with van der Waals surface area (Å²) in [7, 11) is 0. The molecule has 0 spiro atoms. The molecule has 3 rings (SSSR count). The Bertz CT molecular complexity index is 505. The van der Waals surface area contributed by atoms with Crippen LogP contribution in [0.2, 0.25) is 0 Å². The van der Waals surface area contributed by atoms with Crippen molar-refractivity contribution in [3.05, 3.63) is 11.4 Å². The average Bonchev–Trinajstić information content (AvgIpc) is 3.28. The molecule has 0 bridgehead atoms. The molecule has 0 saturated heterocycles. The van der Waals surface area contributed by atoms with Gasteiger partial charge in [0.25, 0.3) is 0 Å². The summed E-state index contributed by atoms with van der Waals surface area (Å²) in [6.45, 7) is 2.49. The fraction of sp³-hybridized carbons (Fsp3) is 0.750. The van der Waals surface area contributed by atoms with Crippen LogP contribution < -0.4 is 11.1 Å². The van der Waals surface area contributed by atoms with Gasteiger partial charge in [-0.1, -0.05) is 25.7 Å². The van der Waals surface area contributed by atoms with Crippen molar-refractivity contribution in [2.45, 2.75) is 69.8 Å². The predicted molar refractivity (Wildman–Crippen MR) is 84.3 cm³/mol.